The molecule has 1 rings (SSSR count). The van der Waals surface area contributed by atoms with E-state index in [-0.39, 0.29) is 6.61 Å². The Hall–Kier alpha value is -0.510. The molecular formula is C14H23NOS. The van der Waals surface area contributed by atoms with Crippen LogP contribution in [-0.2, 0) is 0 Å². The smallest absolute Gasteiger partial charge is 0.0547 e. The summed E-state index contributed by atoms with van der Waals surface area (Å²) in [5.41, 5.74) is 2.63. The summed E-state index contributed by atoms with van der Waals surface area (Å²) in [6.07, 6.45) is 0. The van der Waals surface area contributed by atoms with Gasteiger partial charge in [0.1, 0.15) is 0 Å². The first-order valence-electron chi connectivity index (χ1n) is 6.19. The lowest BCUT2D eigenvalue weighted by Crippen LogP contribution is -2.24. The predicted octanol–water partition coefficient (Wildman–Crippen LogP) is 2.76. The number of nitrogens with one attached hydrogen (secondary N) is 1. The summed E-state index contributed by atoms with van der Waals surface area (Å²) in [6, 6.07) is 9.01. The van der Waals surface area contributed by atoms with Crippen molar-refractivity contribution >= 4 is 11.8 Å². The third-order valence-electron chi connectivity index (χ3n) is 2.70. The molecule has 2 nitrogen and oxygen atoms in total. The molecule has 0 aliphatic carbocycles. The maximum atomic E-state index is 9.05. The zero-order valence-electron chi connectivity index (χ0n) is 10.9. The highest BCUT2D eigenvalue weighted by Crippen LogP contribution is 2.22. The van der Waals surface area contributed by atoms with Crippen molar-refractivity contribution < 1.29 is 5.11 Å². The normalized spacial score (nSPS) is 14.6. The van der Waals surface area contributed by atoms with Gasteiger partial charge >= 0.3 is 0 Å². The molecule has 0 aliphatic heterocycles. The third-order valence-corrected chi connectivity index (χ3v) is 3.94. The van der Waals surface area contributed by atoms with Crippen molar-refractivity contribution in [3.8, 4) is 0 Å². The minimum atomic E-state index is 0.247. The lowest BCUT2D eigenvalue weighted by molar-refractivity contribution is 0.300. The molecule has 0 fully saturated rings. The first-order valence-corrected chi connectivity index (χ1v) is 7.24. The molecule has 1 aromatic rings. The second-order valence-corrected chi connectivity index (χ2v) is 5.82. The maximum Gasteiger partial charge on any atom is 0.0547 e. The molecule has 0 amide bonds. The molecule has 0 radical (unpaired) electrons. The van der Waals surface area contributed by atoms with Gasteiger partial charge in [-0.1, -0.05) is 43.7 Å². The Balaban J connectivity index is 2.64. The van der Waals surface area contributed by atoms with Crippen molar-refractivity contribution in [3.05, 3.63) is 35.4 Å². The van der Waals surface area contributed by atoms with Gasteiger partial charge in [0.05, 0.1) is 6.61 Å². The highest BCUT2D eigenvalue weighted by molar-refractivity contribution is 7.99. The van der Waals surface area contributed by atoms with E-state index < -0.39 is 0 Å². The molecule has 0 bridgehead atoms. The molecule has 17 heavy (non-hydrogen) atoms. The second-order valence-electron chi connectivity index (χ2n) is 4.35. The predicted molar refractivity (Wildman–Crippen MR) is 76.6 cm³/mol. The Morgan fingerprint density at radius 2 is 2.18 bits per heavy atom. The monoisotopic (exact) mass is 253 g/mol. The SMILES string of the molecule is CCNC(CSC(C)CO)c1cccc(C)c1. The zero-order valence-corrected chi connectivity index (χ0v) is 11.8. The van der Waals surface area contributed by atoms with Crippen molar-refractivity contribution in [2.24, 2.45) is 0 Å². The number of thioether (sulfide) groups is 1. The van der Waals surface area contributed by atoms with E-state index >= 15 is 0 Å². The Morgan fingerprint density at radius 1 is 1.41 bits per heavy atom. The summed E-state index contributed by atoms with van der Waals surface area (Å²) in [5.74, 6) is 0.999. The maximum absolute atomic E-state index is 9.05. The standard InChI is InChI=1S/C14H23NOS/c1-4-15-14(10-17-12(3)9-16)13-7-5-6-11(2)8-13/h5-8,12,14-16H,4,9-10H2,1-3H3. The first-order chi connectivity index (χ1) is 8.17. The van der Waals surface area contributed by atoms with Crippen molar-refractivity contribution in [2.75, 3.05) is 18.9 Å². The Labute approximate surface area is 109 Å². The molecule has 0 saturated heterocycles. The first kappa shape index (κ1) is 14.6. The minimum absolute atomic E-state index is 0.247. The van der Waals surface area contributed by atoms with Crippen LogP contribution in [0.4, 0.5) is 0 Å². The van der Waals surface area contributed by atoms with Gasteiger partial charge in [0.15, 0.2) is 0 Å². The van der Waals surface area contributed by atoms with Gasteiger partial charge in [-0.15, -0.1) is 0 Å². The van der Waals surface area contributed by atoms with Crippen LogP contribution in [0.1, 0.15) is 31.0 Å². The summed E-state index contributed by atoms with van der Waals surface area (Å²) in [5, 5.41) is 12.9. The van der Waals surface area contributed by atoms with E-state index in [1.807, 2.05) is 11.8 Å². The van der Waals surface area contributed by atoms with Crippen molar-refractivity contribution in [3.63, 3.8) is 0 Å². The van der Waals surface area contributed by atoms with Crippen LogP contribution in [0.2, 0.25) is 0 Å². The Bertz CT molecular complexity index is 330. The van der Waals surface area contributed by atoms with Crippen LogP contribution in [0.3, 0.4) is 0 Å². The molecule has 3 heteroatoms. The minimum Gasteiger partial charge on any atom is -0.395 e. The second kappa shape index (κ2) is 7.75. The van der Waals surface area contributed by atoms with E-state index in [0.717, 1.165) is 12.3 Å². The molecule has 0 aromatic heterocycles. The number of hydrogen-bond acceptors (Lipinski definition) is 3. The highest BCUT2D eigenvalue weighted by Gasteiger charge is 2.12. The zero-order chi connectivity index (χ0) is 12.7. The molecule has 0 saturated carbocycles. The van der Waals surface area contributed by atoms with E-state index in [9.17, 15) is 0 Å². The van der Waals surface area contributed by atoms with Gasteiger partial charge in [0.25, 0.3) is 0 Å². The van der Waals surface area contributed by atoms with Crippen LogP contribution in [0.15, 0.2) is 24.3 Å². The molecule has 0 aliphatic rings. The Morgan fingerprint density at radius 3 is 2.76 bits per heavy atom. The van der Waals surface area contributed by atoms with E-state index in [2.05, 4.69) is 50.4 Å². The van der Waals surface area contributed by atoms with E-state index in [0.29, 0.717) is 11.3 Å². The molecule has 1 aromatic carbocycles. The molecule has 0 spiro atoms. The summed E-state index contributed by atoms with van der Waals surface area (Å²) in [4.78, 5) is 0. The van der Waals surface area contributed by atoms with E-state index in [4.69, 9.17) is 5.11 Å². The van der Waals surface area contributed by atoms with Crippen LogP contribution >= 0.6 is 11.8 Å². The molecular weight excluding hydrogens is 230 g/mol. The number of benzene rings is 1. The number of hydrogen-bond donors (Lipinski definition) is 2. The van der Waals surface area contributed by atoms with Gasteiger partial charge in [-0.05, 0) is 19.0 Å². The number of rotatable bonds is 7. The topological polar surface area (TPSA) is 32.3 Å². The van der Waals surface area contributed by atoms with Gasteiger partial charge in [0, 0.05) is 17.0 Å². The fraction of sp³-hybridized carbons (Fsp3) is 0.571. The van der Waals surface area contributed by atoms with Crippen LogP contribution in [0, 0.1) is 6.92 Å². The van der Waals surface area contributed by atoms with Gasteiger partial charge < -0.3 is 10.4 Å². The van der Waals surface area contributed by atoms with Crippen molar-refractivity contribution in [1.29, 1.82) is 0 Å². The summed E-state index contributed by atoms with van der Waals surface area (Å²) in [6.45, 7) is 7.52. The van der Waals surface area contributed by atoms with Crippen molar-refractivity contribution in [2.45, 2.75) is 32.1 Å². The Kier molecular flexibility index (Phi) is 6.63. The van der Waals surface area contributed by atoms with E-state index in [1.165, 1.54) is 11.1 Å². The average Bonchev–Trinajstić information content (AvgIpc) is 2.34. The van der Waals surface area contributed by atoms with Gasteiger partial charge in [-0.3, -0.25) is 0 Å². The van der Waals surface area contributed by atoms with Gasteiger partial charge in [0.2, 0.25) is 0 Å². The lowest BCUT2D eigenvalue weighted by atomic mass is 10.1. The van der Waals surface area contributed by atoms with Gasteiger partial charge in [-0.25, -0.2) is 0 Å². The summed E-state index contributed by atoms with van der Waals surface area (Å²) >= 11 is 1.81. The average molecular weight is 253 g/mol. The van der Waals surface area contributed by atoms with E-state index in [1.54, 1.807) is 0 Å². The molecule has 2 unspecified atom stereocenters. The fourth-order valence-corrected chi connectivity index (χ4v) is 2.66. The largest absolute Gasteiger partial charge is 0.395 e. The van der Waals surface area contributed by atoms with Crippen LogP contribution in [-0.4, -0.2) is 29.3 Å². The number of aryl methyl sites for hydroxylation is 1. The highest BCUT2D eigenvalue weighted by atomic mass is 32.2. The van der Waals surface area contributed by atoms with Crippen LogP contribution < -0.4 is 5.32 Å². The quantitative estimate of drug-likeness (QED) is 0.784. The summed E-state index contributed by atoms with van der Waals surface area (Å²) < 4.78 is 0. The molecule has 0 heterocycles. The number of aliphatic hydroxyl groups excluding tert-OH is 1. The van der Waals surface area contributed by atoms with Gasteiger partial charge in [-0.2, -0.15) is 11.8 Å². The lowest BCUT2D eigenvalue weighted by Gasteiger charge is -2.20. The van der Waals surface area contributed by atoms with Crippen molar-refractivity contribution in [1.82, 2.24) is 5.32 Å². The molecule has 96 valence electrons. The molecule has 2 N–H and O–H groups in total. The number of aliphatic hydroxyl groups is 1. The fourth-order valence-electron chi connectivity index (χ4n) is 1.72. The summed E-state index contributed by atoms with van der Waals surface area (Å²) in [7, 11) is 0. The van der Waals surface area contributed by atoms with Crippen LogP contribution in [0.25, 0.3) is 0 Å². The molecule has 2 atom stereocenters. The van der Waals surface area contributed by atoms with Crippen LogP contribution in [0.5, 0.6) is 0 Å². The third kappa shape index (κ3) is 5.11.